The van der Waals surface area contributed by atoms with Gasteiger partial charge < -0.3 is 5.73 Å². The molecule has 0 bridgehead atoms. The van der Waals surface area contributed by atoms with Crippen LogP contribution in [0.4, 0.5) is 4.39 Å². The van der Waals surface area contributed by atoms with Crippen LogP contribution in [0.2, 0.25) is 0 Å². The fourth-order valence-electron chi connectivity index (χ4n) is 2.65. The van der Waals surface area contributed by atoms with Crippen LogP contribution in [0, 0.1) is 17.1 Å². The SMILES string of the molecule is N#Cc1cc(F)cc(-c2ccc3c(c2)CCC3N)c1. The summed E-state index contributed by atoms with van der Waals surface area (Å²) in [4.78, 5) is 0. The van der Waals surface area contributed by atoms with Crippen molar-refractivity contribution in [2.75, 3.05) is 0 Å². The van der Waals surface area contributed by atoms with Crippen molar-refractivity contribution < 1.29 is 4.39 Å². The third-order valence-electron chi connectivity index (χ3n) is 3.63. The molecule has 0 radical (unpaired) electrons. The third kappa shape index (κ3) is 2.11. The zero-order valence-electron chi connectivity index (χ0n) is 10.4. The zero-order valence-corrected chi connectivity index (χ0v) is 10.4. The van der Waals surface area contributed by atoms with Crippen molar-refractivity contribution in [3.63, 3.8) is 0 Å². The predicted molar refractivity (Wildman–Crippen MR) is 71.8 cm³/mol. The minimum atomic E-state index is -0.383. The molecular weight excluding hydrogens is 239 g/mol. The summed E-state index contributed by atoms with van der Waals surface area (Å²) in [6.07, 6.45) is 1.93. The average Bonchev–Trinajstić information content (AvgIpc) is 2.79. The van der Waals surface area contributed by atoms with Gasteiger partial charge in [0.05, 0.1) is 11.6 Å². The summed E-state index contributed by atoms with van der Waals surface area (Å²) >= 11 is 0. The zero-order chi connectivity index (χ0) is 13.4. The molecule has 19 heavy (non-hydrogen) atoms. The highest BCUT2D eigenvalue weighted by molar-refractivity contribution is 5.67. The molecule has 1 aliphatic carbocycles. The number of nitrogens with zero attached hydrogens (tertiary/aromatic N) is 1. The Morgan fingerprint density at radius 1 is 1.16 bits per heavy atom. The van der Waals surface area contributed by atoms with Gasteiger partial charge in [-0.05, 0) is 53.3 Å². The lowest BCUT2D eigenvalue weighted by atomic mass is 9.98. The number of hydrogen-bond donors (Lipinski definition) is 1. The van der Waals surface area contributed by atoms with Gasteiger partial charge in [0.1, 0.15) is 5.82 Å². The summed E-state index contributed by atoms with van der Waals surface area (Å²) < 4.78 is 13.5. The monoisotopic (exact) mass is 252 g/mol. The molecule has 1 aliphatic rings. The number of benzene rings is 2. The van der Waals surface area contributed by atoms with E-state index in [1.165, 1.54) is 23.3 Å². The second-order valence-electron chi connectivity index (χ2n) is 4.90. The summed E-state index contributed by atoms with van der Waals surface area (Å²) in [7, 11) is 0. The van der Waals surface area contributed by atoms with Crippen LogP contribution < -0.4 is 5.73 Å². The third-order valence-corrected chi connectivity index (χ3v) is 3.63. The topological polar surface area (TPSA) is 49.8 Å². The Hall–Kier alpha value is -2.18. The van der Waals surface area contributed by atoms with E-state index in [2.05, 4.69) is 6.07 Å². The molecule has 0 heterocycles. The molecular formula is C16H13FN2. The van der Waals surface area contributed by atoms with E-state index in [-0.39, 0.29) is 11.9 Å². The normalized spacial score (nSPS) is 17.0. The van der Waals surface area contributed by atoms with Gasteiger partial charge in [0.2, 0.25) is 0 Å². The van der Waals surface area contributed by atoms with E-state index in [9.17, 15) is 4.39 Å². The molecule has 0 saturated carbocycles. The first-order valence-electron chi connectivity index (χ1n) is 6.27. The quantitative estimate of drug-likeness (QED) is 0.846. The first-order valence-corrected chi connectivity index (χ1v) is 6.27. The molecule has 3 heteroatoms. The van der Waals surface area contributed by atoms with Crippen LogP contribution in [-0.2, 0) is 6.42 Å². The summed E-state index contributed by atoms with van der Waals surface area (Å²) in [5.74, 6) is -0.383. The van der Waals surface area contributed by atoms with Gasteiger partial charge in [-0.2, -0.15) is 5.26 Å². The Bertz CT molecular complexity index is 686. The van der Waals surface area contributed by atoms with E-state index >= 15 is 0 Å². The number of nitriles is 1. The Balaban J connectivity index is 2.08. The van der Waals surface area contributed by atoms with Crippen molar-refractivity contribution in [1.29, 1.82) is 5.26 Å². The number of halogens is 1. The maximum Gasteiger partial charge on any atom is 0.125 e. The first-order chi connectivity index (χ1) is 9.17. The van der Waals surface area contributed by atoms with Crippen molar-refractivity contribution in [1.82, 2.24) is 0 Å². The molecule has 2 N–H and O–H groups in total. The van der Waals surface area contributed by atoms with Crippen molar-refractivity contribution in [3.05, 3.63) is 58.9 Å². The highest BCUT2D eigenvalue weighted by Gasteiger charge is 2.19. The lowest BCUT2D eigenvalue weighted by Gasteiger charge is -2.08. The fourth-order valence-corrected chi connectivity index (χ4v) is 2.65. The molecule has 0 amide bonds. The molecule has 2 aromatic rings. The van der Waals surface area contributed by atoms with Crippen LogP contribution in [0.15, 0.2) is 36.4 Å². The van der Waals surface area contributed by atoms with Gasteiger partial charge in [0, 0.05) is 6.04 Å². The van der Waals surface area contributed by atoms with Gasteiger partial charge in [-0.25, -0.2) is 4.39 Å². The standard InChI is InChI=1S/C16H13FN2/c17-14-6-10(9-18)5-13(8-14)11-1-3-15-12(7-11)2-4-16(15)19/h1,3,5-8,16H,2,4,19H2. The van der Waals surface area contributed by atoms with Gasteiger partial charge in [-0.1, -0.05) is 18.2 Å². The highest BCUT2D eigenvalue weighted by atomic mass is 19.1. The van der Waals surface area contributed by atoms with Crippen molar-refractivity contribution >= 4 is 0 Å². The Morgan fingerprint density at radius 3 is 2.79 bits per heavy atom. The second kappa shape index (κ2) is 4.49. The lowest BCUT2D eigenvalue weighted by molar-refractivity contribution is 0.628. The van der Waals surface area contributed by atoms with Crippen LogP contribution in [0.1, 0.15) is 29.2 Å². The fraction of sp³-hybridized carbons (Fsp3) is 0.188. The van der Waals surface area contributed by atoms with Crippen LogP contribution in [0.3, 0.4) is 0 Å². The van der Waals surface area contributed by atoms with Crippen molar-refractivity contribution in [2.24, 2.45) is 5.73 Å². The molecule has 1 atom stereocenters. The smallest absolute Gasteiger partial charge is 0.125 e. The van der Waals surface area contributed by atoms with Crippen LogP contribution in [0.5, 0.6) is 0 Å². The maximum absolute atomic E-state index is 13.5. The summed E-state index contributed by atoms with van der Waals surface area (Å²) in [6, 6.07) is 12.5. The van der Waals surface area contributed by atoms with Crippen molar-refractivity contribution in [3.8, 4) is 17.2 Å². The molecule has 94 valence electrons. The van der Waals surface area contributed by atoms with Crippen molar-refractivity contribution in [2.45, 2.75) is 18.9 Å². The van der Waals surface area contributed by atoms with E-state index in [0.29, 0.717) is 5.56 Å². The van der Waals surface area contributed by atoms with E-state index < -0.39 is 0 Å². The highest BCUT2D eigenvalue weighted by Crippen LogP contribution is 2.33. The summed E-state index contributed by atoms with van der Waals surface area (Å²) in [5.41, 5.74) is 10.4. The minimum absolute atomic E-state index is 0.117. The van der Waals surface area contributed by atoms with Crippen LogP contribution in [-0.4, -0.2) is 0 Å². The molecule has 3 rings (SSSR count). The van der Waals surface area contributed by atoms with E-state index in [1.807, 2.05) is 18.2 Å². The molecule has 1 unspecified atom stereocenters. The van der Waals surface area contributed by atoms with Crippen LogP contribution in [0.25, 0.3) is 11.1 Å². The van der Waals surface area contributed by atoms with Gasteiger partial charge in [0.15, 0.2) is 0 Å². The largest absolute Gasteiger partial charge is 0.324 e. The second-order valence-corrected chi connectivity index (χ2v) is 4.90. The van der Waals surface area contributed by atoms with Gasteiger partial charge in [-0.15, -0.1) is 0 Å². The molecule has 2 aromatic carbocycles. The van der Waals surface area contributed by atoms with E-state index in [1.54, 1.807) is 6.07 Å². The molecule has 0 saturated heterocycles. The van der Waals surface area contributed by atoms with Gasteiger partial charge in [-0.3, -0.25) is 0 Å². The molecule has 0 fully saturated rings. The molecule has 0 aromatic heterocycles. The Labute approximate surface area is 111 Å². The number of hydrogen-bond acceptors (Lipinski definition) is 2. The summed E-state index contributed by atoms with van der Waals surface area (Å²) in [6.45, 7) is 0. The number of fused-ring (bicyclic) bond motifs is 1. The first kappa shape index (κ1) is 11.9. The Kier molecular flexibility index (Phi) is 2.81. The van der Waals surface area contributed by atoms with Gasteiger partial charge >= 0.3 is 0 Å². The van der Waals surface area contributed by atoms with E-state index in [0.717, 1.165) is 24.0 Å². The predicted octanol–water partition coefficient (Wildman–Crippen LogP) is 3.31. The molecule has 2 nitrogen and oxygen atoms in total. The van der Waals surface area contributed by atoms with Crippen LogP contribution >= 0.6 is 0 Å². The number of nitrogens with two attached hydrogens (primary N) is 1. The molecule has 0 aliphatic heterocycles. The number of rotatable bonds is 1. The minimum Gasteiger partial charge on any atom is -0.324 e. The average molecular weight is 252 g/mol. The Morgan fingerprint density at radius 2 is 2.00 bits per heavy atom. The lowest BCUT2D eigenvalue weighted by Crippen LogP contribution is -2.04. The van der Waals surface area contributed by atoms with E-state index in [4.69, 9.17) is 11.0 Å². The van der Waals surface area contributed by atoms with Gasteiger partial charge in [0.25, 0.3) is 0 Å². The number of aryl methyl sites for hydroxylation is 1. The molecule has 0 spiro atoms. The maximum atomic E-state index is 13.5. The summed E-state index contributed by atoms with van der Waals surface area (Å²) in [5, 5.41) is 8.89.